The van der Waals surface area contributed by atoms with Crippen LogP contribution in [0.4, 0.5) is 17.2 Å². The first kappa shape index (κ1) is 18.2. The van der Waals surface area contributed by atoms with Crippen LogP contribution < -0.4 is 9.96 Å². The van der Waals surface area contributed by atoms with Crippen molar-refractivity contribution in [3.8, 4) is 0 Å². The molecule has 0 aliphatic carbocycles. The van der Waals surface area contributed by atoms with E-state index in [2.05, 4.69) is 18.8 Å². The van der Waals surface area contributed by atoms with Crippen molar-refractivity contribution < 1.29 is 9.63 Å². The average Bonchev–Trinajstić information content (AvgIpc) is 2.84. The van der Waals surface area contributed by atoms with Crippen LogP contribution in [-0.2, 0) is 15.0 Å². The molecular weight excluding hydrogens is 326 g/mol. The van der Waals surface area contributed by atoms with Crippen molar-refractivity contribution in [3.63, 3.8) is 0 Å². The predicted molar refractivity (Wildman–Crippen MR) is 105 cm³/mol. The van der Waals surface area contributed by atoms with Gasteiger partial charge in [0.2, 0.25) is 0 Å². The molecule has 5 heteroatoms. The number of hydrogen-bond donors (Lipinski definition) is 0. The first-order chi connectivity index (χ1) is 12.1. The van der Waals surface area contributed by atoms with E-state index in [9.17, 15) is 4.79 Å². The maximum atomic E-state index is 12.4. The molecule has 0 N–H and O–H groups in total. The molecule has 0 fully saturated rings. The van der Waals surface area contributed by atoms with E-state index >= 15 is 0 Å². The molecule has 0 unspecified atom stereocenters. The highest BCUT2D eigenvalue weighted by molar-refractivity contribution is 5.78. The standard InChI is InChI=1S/C21H27N3O2/c1-20(2,3)19(25)26-24-14-21(4,5)16-13-22-18(12-17(16)24)23(6)15-10-8-7-9-11-15/h7-13H,14H2,1-6H3. The molecule has 3 rings (SSSR count). The molecule has 0 atom stereocenters. The maximum Gasteiger partial charge on any atom is 0.337 e. The second-order valence-corrected chi connectivity index (χ2v) is 8.50. The van der Waals surface area contributed by atoms with Crippen molar-refractivity contribution in [2.45, 2.75) is 40.0 Å². The van der Waals surface area contributed by atoms with Crippen LogP contribution in [0.1, 0.15) is 40.2 Å². The number of nitrogens with zero attached hydrogens (tertiary/aromatic N) is 3. The van der Waals surface area contributed by atoms with Crippen molar-refractivity contribution in [3.05, 3.63) is 48.2 Å². The summed E-state index contributed by atoms with van der Waals surface area (Å²) >= 11 is 0. The third kappa shape index (κ3) is 3.39. The second-order valence-electron chi connectivity index (χ2n) is 8.50. The lowest BCUT2D eigenvalue weighted by atomic mass is 9.88. The van der Waals surface area contributed by atoms with Gasteiger partial charge in [-0.1, -0.05) is 32.0 Å². The van der Waals surface area contributed by atoms with Crippen LogP contribution in [0.5, 0.6) is 0 Å². The monoisotopic (exact) mass is 353 g/mol. The SMILES string of the molecule is CN(c1ccccc1)c1cc2c(cn1)C(C)(C)CN2OC(=O)C(C)(C)C. The summed E-state index contributed by atoms with van der Waals surface area (Å²) < 4.78 is 0. The normalized spacial score (nSPS) is 15.5. The lowest BCUT2D eigenvalue weighted by Crippen LogP contribution is -2.35. The molecule has 26 heavy (non-hydrogen) atoms. The predicted octanol–water partition coefficient (Wildman–Crippen LogP) is 4.45. The van der Waals surface area contributed by atoms with Gasteiger partial charge >= 0.3 is 5.97 Å². The Bertz CT molecular complexity index is 810. The topological polar surface area (TPSA) is 45.7 Å². The molecule has 0 saturated carbocycles. The third-order valence-electron chi connectivity index (χ3n) is 4.70. The largest absolute Gasteiger partial charge is 0.340 e. The number of benzene rings is 1. The fourth-order valence-corrected chi connectivity index (χ4v) is 2.98. The van der Waals surface area contributed by atoms with E-state index in [-0.39, 0.29) is 11.4 Å². The summed E-state index contributed by atoms with van der Waals surface area (Å²) in [5, 5.41) is 1.72. The molecule has 0 spiro atoms. The highest BCUT2D eigenvalue weighted by atomic mass is 16.7. The number of anilines is 3. The summed E-state index contributed by atoms with van der Waals surface area (Å²) in [5.41, 5.74) is 2.36. The zero-order chi connectivity index (χ0) is 19.1. The lowest BCUT2D eigenvalue weighted by Gasteiger charge is -2.25. The van der Waals surface area contributed by atoms with Gasteiger partial charge < -0.3 is 9.74 Å². The molecule has 2 heterocycles. The lowest BCUT2D eigenvalue weighted by molar-refractivity contribution is -0.154. The van der Waals surface area contributed by atoms with Gasteiger partial charge in [-0.3, -0.25) is 0 Å². The minimum atomic E-state index is -0.552. The van der Waals surface area contributed by atoms with E-state index in [0.29, 0.717) is 6.54 Å². The minimum absolute atomic E-state index is 0.135. The Kier molecular flexibility index (Phi) is 4.42. The molecule has 5 nitrogen and oxygen atoms in total. The number of carbonyl (C=O) groups is 1. The van der Waals surface area contributed by atoms with Crippen LogP contribution >= 0.6 is 0 Å². The van der Waals surface area contributed by atoms with Crippen LogP contribution in [-0.4, -0.2) is 24.5 Å². The molecule has 1 aliphatic rings. The van der Waals surface area contributed by atoms with Gasteiger partial charge in [0.25, 0.3) is 0 Å². The van der Waals surface area contributed by atoms with Crippen molar-refractivity contribution >= 4 is 23.2 Å². The molecule has 1 aromatic carbocycles. The molecule has 138 valence electrons. The van der Waals surface area contributed by atoms with Gasteiger partial charge in [0, 0.05) is 36.0 Å². The minimum Gasteiger partial charge on any atom is -0.340 e. The average molecular weight is 353 g/mol. The molecule has 1 aliphatic heterocycles. The summed E-state index contributed by atoms with van der Waals surface area (Å²) in [4.78, 5) is 24.8. The number of hydrogen-bond acceptors (Lipinski definition) is 5. The van der Waals surface area contributed by atoms with E-state index < -0.39 is 5.41 Å². The van der Waals surface area contributed by atoms with Crippen LogP contribution in [0.2, 0.25) is 0 Å². The Hall–Kier alpha value is -2.56. The van der Waals surface area contributed by atoms with Gasteiger partial charge in [-0.25, -0.2) is 14.8 Å². The number of fused-ring (bicyclic) bond motifs is 1. The molecule has 0 bridgehead atoms. The van der Waals surface area contributed by atoms with E-state index in [0.717, 1.165) is 22.8 Å². The Morgan fingerprint density at radius 1 is 1.23 bits per heavy atom. The van der Waals surface area contributed by atoms with E-state index in [1.807, 2.05) is 75.3 Å². The number of hydroxylamine groups is 1. The number of rotatable bonds is 3. The fourth-order valence-electron chi connectivity index (χ4n) is 2.98. The summed E-state index contributed by atoms with van der Waals surface area (Å²) in [7, 11) is 1.98. The highest BCUT2D eigenvalue weighted by Crippen LogP contribution is 2.42. The molecule has 2 aromatic rings. The molecule has 1 aromatic heterocycles. The van der Waals surface area contributed by atoms with Crippen LogP contribution in [0.3, 0.4) is 0 Å². The molecule has 0 amide bonds. The van der Waals surface area contributed by atoms with E-state index in [1.165, 1.54) is 0 Å². The number of carbonyl (C=O) groups excluding carboxylic acids is 1. The van der Waals surface area contributed by atoms with Crippen LogP contribution in [0, 0.1) is 5.41 Å². The van der Waals surface area contributed by atoms with E-state index in [4.69, 9.17) is 4.84 Å². The Balaban J connectivity index is 1.95. The molecule has 0 radical (unpaired) electrons. The van der Waals surface area contributed by atoms with Gasteiger partial charge in [-0.05, 0) is 32.9 Å². The fraction of sp³-hybridized carbons (Fsp3) is 0.429. The summed E-state index contributed by atoms with van der Waals surface area (Å²) in [6, 6.07) is 12.1. The summed E-state index contributed by atoms with van der Waals surface area (Å²) in [5.74, 6) is 0.570. The number of pyridine rings is 1. The van der Waals surface area contributed by atoms with Crippen LogP contribution in [0.15, 0.2) is 42.6 Å². The first-order valence-electron chi connectivity index (χ1n) is 8.89. The highest BCUT2D eigenvalue weighted by Gasteiger charge is 2.39. The van der Waals surface area contributed by atoms with Gasteiger partial charge in [-0.15, -0.1) is 0 Å². The van der Waals surface area contributed by atoms with Gasteiger partial charge in [0.15, 0.2) is 0 Å². The summed E-state index contributed by atoms with van der Waals surface area (Å²) in [6.07, 6.45) is 1.90. The number of aromatic nitrogens is 1. The Morgan fingerprint density at radius 3 is 2.50 bits per heavy atom. The molecular formula is C21H27N3O2. The Morgan fingerprint density at radius 2 is 1.88 bits per heavy atom. The Labute approximate surface area is 155 Å². The third-order valence-corrected chi connectivity index (χ3v) is 4.70. The van der Waals surface area contributed by atoms with Gasteiger partial charge in [0.1, 0.15) is 5.82 Å². The van der Waals surface area contributed by atoms with Gasteiger partial charge in [-0.2, -0.15) is 0 Å². The second kappa shape index (κ2) is 6.31. The zero-order valence-corrected chi connectivity index (χ0v) is 16.4. The van der Waals surface area contributed by atoms with Crippen molar-refractivity contribution in [2.24, 2.45) is 5.41 Å². The van der Waals surface area contributed by atoms with E-state index in [1.54, 1.807) is 5.06 Å². The summed E-state index contributed by atoms with van der Waals surface area (Å²) in [6.45, 7) is 10.5. The quantitative estimate of drug-likeness (QED) is 0.816. The van der Waals surface area contributed by atoms with Gasteiger partial charge in [0.05, 0.1) is 17.6 Å². The maximum absolute atomic E-state index is 12.4. The van der Waals surface area contributed by atoms with Crippen molar-refractivity contribution in [2.75, 3.05) is 23.6 Å². The number of para-hydroxylation sites is 1. The zero-order valence-electron chi connectivity index (χ0n) is 16.4. The van der Waals surface area contributed by atoms with Crippen molar-refractivity contribution in [1.82, 2.24) is 4.98 Å². The first-order valence-corrected chi connectivity index (χ1v) is 8.89. The van der Waals surface area contributed by atoms with Crippen molar-refractivity contribution in [1.29, 1.82) is 0 Å². The van der Waals surface area contributed by atoms with Crippen LogP contribution in [0.25, 0.3) is 0 Å². The molecule has 0 saturated heterocycles. The smallest absolute Gasteiger partial charge is 0.337 e.